The number of halogens is 2. The van der Waals surface area contributed by atoms with Crippen molar-refractivity contribution in [2.75, 3.05) is 6.61 Å². The minimum atomic E-state index is -4.37. The van der Waals surface area contributed by atoms with E-state index in [1.165, 1.54) is 12.1 Å². The third-order valence-corrected chi connectivity index (χ3v) is 6.09. The molecule has 0 saturated heterocycles. The predicted molar refractivity (Wildman–Crippen MR) is 118 cm³/mol. The van der Waals surface area contributed by atoms with Crippen molar-refractivity contribution in [1.29, 1.82) is 0 Å². The van der Waals surface area contributed by atoms with Gasteiger partial charge in [0.05, 0.1) is 8.47 Å². The molecule has 2 aromatic carbocycles. The quantitative estimate of drug-likeness (QED) is 0.222. The third kappa shape index (κ3) is 6.03. The average Bonchev–Trinajstić information content (AvgIpc) is 2.54. The number of hydrogen-bond acceptors (Lipinski definition) is 5. The largest absolute Gasteiger partial charge is 0.481 e. The van der Waals surface area contributed by atoms with Crippen molar-refractivity contribution >= 4 is 61.3 Å². The summed E-state index contributed by atoms with van der Waals surface area (Å²) in [7, 11) is -4.37. The van der Waals surface area contributed by atoms with Crippen LogP contribution in [0.3, 0.4) is 0 Å². The first-order valence-electron chi connectivity index (χ1n) is 7.89. The number of aryl methyl sites for hydroxylation is 1. The number of rotatable bonds is 6. The first-order valence-corrected chi connectivity index (χ1v) is 11.5. The molecule has 27 heavy (non-hydrogen) atoms. The van der Waals surface area contributed by atoms with E-state index in [0.29, 0.717) is 16.9 Å². The number of carbonyl (C=O) groups excluding carboxylic acids is 1. The molecule has 146 valence electrons. The van der Waals surface area contributed by atoms with Crippen molar-refractivity contribution in [2.45, 2.75) is 31.6 Å². The van der Waals surface area contributed by atoms with E-state index in [9.17, 15) is 17.8 Å². The summed E-state index contributed by atoms with van der Waals surface area (Å²) < 4.78 is 45.4. The summed E-state index contributed by atoms with van der Waals surface area (Å²) in [5, 5.41) is 0. The molecule has 2 rings (SSSR count). The van der Waals surface area contributed by atoms with E-state index >= 15 is 0 Å². The number of carbonyl (C=O) groups is 1. The zero-order chi connectivity index (χ0) is 20.4. The molecular formula is C18H18I2O6S. The van der Waals surface area contributed by atoms with Crippen LogP contribution in [0.4, 0.5) is 0 Å². The van der Waals surface area contributed by atoms with Gasteiger partial charge >= 0.3 is 5.97 Å². The van der Waals surface area contributed by atoms with Gasteiger partial charge in [0.25, 0.3) is 10.1 Å². The van der Waals surface area contributed by atoms with Crippen LogP contribution in [0.25, 0.3) is 0 Å². The molecule has 0 fully saturated rings. The van der Waals surface area contributed by atoms with Crippen molar-refractivity contribution in [3.05, 3.63) is 48.6 Å². The average molecular weight is 616 g/mol. The monoisotopic (exact) mass is 616 g/mol. The second kappa shape index (κ2) is 9.05. The highest BCUT2D eigenvalue weighted by molar-refractivity contribution is 14.1. The molecule has 9 heteroatoms. The van der Waals surface area contributed by atoms with Crippen molar-refractivity contribution in [1.82, 2.24) is 0 Å². The Kier molecular flexibility index (Phi) is 7.50. The maximum absolute atomic E-state index is 12.2. The molecule has 0 aliphatic carbocycles. The molecule has 0 saturated carbocycles. The Balaban J connectivity index is 2.19. The second-order valence-corrected chi connectivity index (χ2v) is 9.92. The fourth-order valence-corrected chi connectivity index (χ4v) is 5.02. The third-order valence-electron chi connectivity index (χ3n) is 3.67. The zero-order valence-corrected chi connectivity index (χ0v) is 20.0. The Hall–Kier alpha value is -0.920. The molecule has 1 N–H and O–H groups in total. The Morgan fingerprint density at radius 3 is 2.37 bits per heavy atom. The van der Waals surface area contributed by atoms with Crippen molar-refractivity contribution < 1.29 is 27.2 Å². The van der Waals surface area contributed by atoms with E-state index < -0.39 is 16.1 Å². The predicted octanol–water partition coefficient (Wildman–Crippen LogP) is 4.56. The SMILES string of the molecule is Cc1cc(S(=O)(=O)O)c(C(C)C)cc1OC(=O)COc1ccc(I)cc1I. The Labute approximate surface area is 185 Å². The van der Waals surface area contributed by atoms with Crippen LogP contribution in [-0.2, 0) is 14.9 Å². The van der Waals surface area contributed by atoms with Gasteiger partial charge in [-0.1, -0.05) is 13.8 Å². The molecule has 0 aliphatic rings. The zero-order valence-electron chi connectivity index (χ0n) is 14.8. The molecule has 0 amide bonds. The van der Waals surface area contributed by atoms with Crippen LogP contribution in [0.15, 0.2) is 35.2 Å². The summed E-state index contributed by atoms with van der Waals surface area (Å²) in [5.41, 5.74) is 0.795. The fraction of sp³-hybridized carbons (Fsp3) is 0.278. The number of hydrogen-bond donors (Lipinski definition) is 1. The lowest BCUT2D eigenvalue weighted by molar-refractivity contribution is -0.136. The number of ether oxygens (including phenoxy) is 2. The minimum absolute atomic E-state index is 0.181. The van der Waals surface area contributed by atoms with Gasteiger partial charge < -0.3 is 9.47 Å². The van der Waals surface area contributed by atoms with E-state index in [-0.39, 0.29) is 23.2 Å². The van der Waals surface area contributed by atoms with E-state index in [4.69, 9.17) is 9.47 Å². The Morgan fingerprint density at radius 1 is 1.15 bits per heavy atom. The molecular weight excluding hydrogens is 598 g/mol. The van der Waals surface area contributed by atoms with Gasteiger partial charge in [-0.25, -0.2) is 4.79 Å². The smallest absolute Gasteiger partial charge is 0.349 e. The highest BCUT2D eigenvalue weighted by atomic mass is 127. The molecule has 2 aromatic rings. The fourth-order valence-electron chi connectivity index (χ4n) is 2.34. The summed E-state index contributed by atoms with van der Waals surface area (Å²) in [6, 6.07) is 8.34. The molecule has 0 spiro atoms. The van der Waals surface area contributed by atoms with E-state index in [2.05, 4.69) is 45.2 Å². The molecule has 6 nitrogen and oxygen atoms in total. The standard InChI is InChI=1S/C18H18I2O6S/c1-10(2)13-8-16(11(3)6-17(13)27(22,23)24)26-18(21)9-25-15-5-4-12(19)7-14(15)20/h4-8,10H,9H2,1-3H3,(H,22,23,24). The lowest BCUT2D eigenvalue weighted by Crippen LogP contribution is -2.19. The topological polar surface area (TPSA) is 89.9 Å². The van der Waals surface area contributed by atoms with Crippen molar-refractivity contribution in [2.24, 2.45) is 0 Å². The number of esters is 1. The first kappa shape index (κ1) is 22.4. The molecule has 0 unspecified atom stereocenters. The van der Waals surface area contributed by atoms with Gasteiger partial charge in [0.15, 0.2) is 6.61 Å². The summed E-state index contributed by atoms with van der Waals surface area (Å²) >= 11 is 4.31. The van der Waals surface area contributed by atoms with Crippen LogP contribution in [0.5, 0.6) is 11.5 Å². The lowest BCUT2D eigenvalue weighted by atomic mass is 10.0. The van der Waals surface area contributed by atoms with Crippen LogP contribution >= 0.6 is 45.2 Å². The first-order chi connectivity index (χ1) is 12.5. The van der Waals surface area contributed by atoms with Crippen LogP contribution in [0.1, 0.15) is 30.9 Å². The van der Waals surface area contributed by atoms with E-state index in [1.54, 1.807) is 26.8 Å². The van der Waals surface area contributed by atoms with Gasteiger partial charge in [-0.15, -0.1) is 0 Å². The van der Waals surface area contributed by atoms with E-state index in [0.717, 1.165) is 7.14 Å². The molecule has 0 radical (unpaired) electrons. The van der Waals surface area contributed by atoms with Crippen LogP contribution in [0.2, 0.25) is 0 Å². The Morgan fingerprint density at radius 2 is 1.81 bits per heavy atom. The van der Waals surface area contributed by atoms with Crippen molar-refractivity contribution in [3.8, 4) is 11.5 Å². The summed E-state index contributed by atoms with van der Waals surface area (Å²) in [6.45, 7) is 4.89. The molecule has 0 atom stereocenters. The molecule has 0 aliphatic heterocycles. The van der Waals surface area contributed by atoms with E-state index in [1.807, 2.05) is 12.1 Å². The number of benzene rings is 2. The van der Waals surface area contributed by atoms with Gasteiger partial charge in [-0.3, -0.25) is 4.55 Å². The highest BCUT2D eigenvalue weighted by Crippen LogP contribution is 2.31. The maximum atomic E-state index is 12.2. The van der Waals surface area contributed by atoms with Gasteiger partial charge in [0, 0.05) is 3.57 Å². The van der Waals surface area contributed by atoms with Gasteiger partial charge in [0.2, 0.25) is 0 Å². The van der Waals surface area contributed by atoms with Gasteiger partial charge in [-0.05, 0) is 99.5 Å². The highest BCUT2D eigenvalue weighted by Gasteiger charge is 2.21. The molecule has 0 bridgehead atoms. The summed E-state index contributed by atoms with van der Waals surface area (Å²) in [5.74, 6) is 0.0117. The minimum Gasteiger partial charge on any atom is -0.481 e. The molecule has 0 aromatic heterocycles. The molecule has 0 heterocycles. The van der Waals surface area contributed by atoms with Crippen LogP contribution in [0, 0.1) is 14.1 Å². The van der Waals surface area contributed by atoms with Crippen LogP contribution < -0.4 is 9.47 Å². The van der Waals surface area contributed by atoms with Crippen molar-refractivity contribution in [3.63, 3.8) is 0 Å². The summed E-state index contributed by atoms with van der Waals surface area (Å²) in [6.07, 6.45) is 0. The van der Waals surface area contributed by atoms with Crippen LogP contribution in [-0.4, -0.2) is 25.5 Å². The summed E-state index contributed by atoms with van der Waals surface area (Å²) in [4.78, 5) is 12.0. The Bertz CT molecular complexity index is 970. The maximum Gasteiger partial charge on any atom is 0.349 e. The van der Waals surface area contributed by atoms with Gasteiger partial charge in [0.1, 0.15) is 11.5 Å². The lowest BCUT2D eigenvalue weighted by Gasteiger charge is -2.15. The van der Waals surface area contributed by atoms with Gasteiger partial charge in [-0.2, -0.15) is 8.42 Å². The normalized spacial score (nSPS) is 11.5. The second-order valence-electron chi connectivity index (χ2n) is 6.12.